The van der Waals surface area contributed by atoms with Crippen LogP contribution in [0.25, 0.3) is 11.2 Å². The molecule has 1 saturated heterocycles. The van der Waals surface area contributed by atoms with Crippen LogP contribution in [-0.4, -0.2) is 72.0 Å². The minimum atomic E-state index is -1.08. The number of rotatable bonds is 6. The second-order valence-electron chi connectivity index (χ2n) is 7.69. The van der Waals surface area contributed by atoms with E-state index in [1.165, 1.54) is 0 Å². The Morgan fingerprint density at radius 2 is 1.65 bits per heavy atom. The van der Waals surface area contributed by atoms with Crippen LogP contribution in [0.1, 0.15) is 26.3 Å². The molecule has 4 rings (SSSR count). The standard InChI is InChI=1S/C22H23N3O6/c1-24-8-10-25(11-9-24)20(26)18-16-6-7-17(31-16)19(18)22(29)30-14-4-2-13(3-5-14)12-15(23)21(27)28/h2-7,15H,8-12,23H2,1H3,(H,27,28). The summed E-state index contributed by atoms with van der Waals surface area (Å²) >= 11 is 0. The van der Waals surface area contributed by atoms with Crippen molar-refractivity contribution in [2.75, 3.05) is 33.2 Å². The van der Waals surface area contributed by atoms with Crippen molar-refractivity contribution < 1.29 is 28.6 Å². The number of carbonyl (C=O) groups excluding carboxylic acids is 2. The summed E-state index contributed by atoms with van der Waals surface area (Å²) in [6.07, 6.45) is 0.160. The van der Waals surface area contributed by atoms with Crippen LogP contribution in [-0.2, 0) is 11.2 Å². The number of hydrogen-bond donors (Lipinski definition) is 2. The fourth-order valence-corrected chi connectivity index (χ4v) is 3.63. The summed E-state index contributed by atoms with van der Waals surface area (Å²) in [5.41, 5.74) is 7.27. The van der Waals surface area contributed by atoms with E-state index in [0.29, 0.717) is 29.8 Å². The maximum absolute atomic E-state index is 13.1. The molecule has 1 aliphatic heterocycles. The first-order chi connectivity index (χ1) is 14.8. The Hall–Kier alpha value is -3.43. The average molecular weight is 425 g/mol. The molecule has 1 amide bonds. The number of carboxylic acid groups (broad SMARTS) is 1. The normalized spacial score (nSPS) is 15.9. The topological polar surface area (TPSA) is 126 Å². The number of furan rings is 2. The summed E-state index contributed by atoms with van der Waals surface area (Å²) in [6.45, 7) is 2.68. The highest BCUT2D eigenvalue weighted by molar-refractivity contribution is 6.15. The number of hydrogen-bond acceptors (Lipinski definition) is 7. The van der Waals surface area contributed by atoms with E-state index >= 15 is 0 Å². The summed E-state index contributed by atoms with van der Waals surface area (Å²) in [4.78, 5) is 40.7. The van der Waals surface area contributed by atoms with Gasteiger partial charge >= 0.3 is 11.9 Å². The second kappa shape index (κ2) is 8.37. The van der Waals surface area contributed by atoms with Crippen LogP contribution < -0.4 is 10.5 Å². The number of esters is 1. The second-order valence-corrected chi connectivity index (χ2v) is 7.69. The highest BCUT2D eigenvalue weighted by Crippen LogP contribution is 2.31. The van der Waals surface area contributed by atoms with Crippen molar-refractivity contribution in [1.82, 2.24) is 9.80 Å². The van der Waals surface area contributed by atoms with Crippen LogP contribution >= 0.6 is 0 Å². The monoisotopic (exact) mass is 425 g/mol. The third-order valence-electron chi connectivity index (χ3n) is 5.46. The summed E-state index contributed by atoms with van der Waals surface area (Å²) in [7, 11) is 2.00. The number of likely N-dealkylation sites (N-methyl/N-ethyl adjacent to an activating group) is 1. The molecule has 1 aliphatic rings. The lowest BCUT2D eigenvalue weighted by atomic mass is 10.1. The predicted octanol–water partition coefficient (Wildman–Crippen LogP) is 1.43. The number of fused-ring (bicyclic) bond motifs is 2. The zero-order valence-electron chi connectivity index (χ0n) is 17.0. The maximum Gasteiger partial charge on any atom is 0.348 e. The molecule has 2 aromatic heterocycles. The van der Waals surface area contributed by atoms with E-state index in [-0.39, 0.29) is 29.2 Å². The third kappa shape index (κ3) is 4.23. The fraction of sp³-hybridized carbons (Fsp3) is 0.318. The summed E-state index contributed by atoms with van der Waals surface area (Å²) in [6, 6.07) is 8.73. The molecular formula is C22H23N3O6. The van der Waals surface area contributed by atoms with E-state index in [9.17, 15) is 14.4 Å². The molecule has 3 heterocycles. The van der Waals surface area contributed by atoms with Crippen LogP contribution in [0.3, 0.4) is 0 Å². The molecule has 0 radical (unpaired) electrons. The predicted molar refractivity (Wildman–Crippen MR) is 112 cm³/mol. The highest BCUT2D eigenvalue weighted by Gasteiger charge is 2.32. The Bertz CT molecular complexity index is 1100. The zero-order chi connectivity index (χ0) is 22.1. The number of nitrogens with zero attached hydrogens (tertiary/aromatic N) is 2. The van der Waals surface area contributed by atoms with E-state index in [1.54, 1.807) is 41.3 Å². The van der Waals surface area contributed by atoms with Gasteiger partial charge in [-0.2, -0.15) is 0 Å². The minimum absolute atomic E-state index is 0.124. The first-order valence-corrected chi connectivity index (χ1v) is 9.95. The number of aliphatic carboxylic acids is 1. The minimum Gasteiger partial charge on any atom is -0.480 e. The first kappa shape index (κ1) is 20.8. The molecule has 2 bridgehead atoms. The van der Waals surface area contributed by atoms with Crippen LogP contribution in [0.5, 0.6) is 5.75 Å². The lowest BCUT2D eigenvalue weighted by Gasteiger charge is -2.32. The molecule has 1 atom stereocenters. The average Bonchev–Trinajstić information content (AvgIpc) is 3.37. The van der Waals surface area contributed by atoms with Crippen LogP contribution in [0.2, 0.25) is 0 Å². The van der Waals surface area contributed by atoms with Crippen molar-refractivity contribution in [2.45, 2.75) is 12.5 Å². The molecule has 162 valence electrons. The van der Waals surface area contributed by atoms with Gasteiger partial charge in [-0.15, -0.1) is 0 Å². The molecule has 3 N–H and O–H groups in total. The van der Waals surface area contributed by atoms with Gasteiger partial charge in [0.2, 0.25) is 0 Å². The van der Waals surface area contributed by atoms with E-state index < -0.39 is 18.0 Å². The molecule has 0 saturated carbocycles. The molecule has 1 unspecified atom stereocenters. The molecular weight excluding hydrogens is 402 g/mol. The Labute approximate surface area is 178 Å². The van der Waals surface area contributed by atoms with Gasteiger partial charge in [-0.1, -0.05) is 12.1 Å². The van der Waals surface area contributed by atoms with Crippen LogP contribution in [0.15, 0.2) is 40.8 Å². The molecule has 9 nitrogen and oxygen atoms in total. The Morgan fingerprint density at radius 1 is 1.03 bits per heavy atom. The number of ether oxygens (including phenoxy) is 1. The number of nitrogens with two attached hydrogens (primary N) is 1. The van der Waals surface area contributed by atoms with Crippen molar-refractivity contribution in [2.24, 2.45) is 5.73 Å². The van der Waals surface area contributed by atoms with E-state index in [0.717, 1.165) is 13.1 Å². The zero-order valence-corrected chi connectivity index (χ0v) is 17.0. The Kier molecular flexibility index (Phi) is 5.62. The Morgan fingerprint density at radius 3 is 2.26 bits per heavy atom. The number of carboxylic acids is 1. The van der Waals surface area contributed by atoms with E-state index in [2.05, 4.69) is 4.90 Å². The molecule has 0 spiro atoms. The van der Waals surface area contributed by atoms with Crippen molar-refractivity contribution in [3.8, 4) is 5.75 Å². The van der Waals surface area contributed by atoms with Gasteiger partial charge < -0.3 is 29.8 Å². The van der Waals surface area contributed by atoms with Crippen molar-refractivity contribution in [3.63, 3.8) is 0 Å². The molecule has 1 fully saturated rings. The lowest BCUT2D eigenvalue weighted by Crippen LogP contribution is -2.47. The molecule has 0 aliphatic carbocycles. The van der Waals surface area contributed by atoms with Crippen molar-refractivity contribution >= 4 is 29.0 Å². The maximum atomic E-state index is 13.1. The molecule has 9 heteroatoms. The van der Waals surface area contributed by atoms with Crippen molar-refractivity contribution in [1.29, 1.82) is 0 Å². The van der Waals surface area contributed by atoms with Gasteiger partial charge in [-0.3, -0.25) is 9.59 Å². The molecule has 31 heavy (non-hydrogen) atoms. The van der Waals surface area contributed by atoms with Gasteiger partial charge in [0.1, 0.15) is 34.1 Å². The summed E-state index contributed by atoms with van der Waals surface area (Å²) in [5, 5.41) is 8.91. The molecule has 1 aromatic carbocycles. The van der Waals surface area contributed by atoms with Gasteiger partial charge in [-0.25, -0.2) is 4.79 Å². The first-order valence-electron chi connectivity index (χ1n) is 9.95. The summed E-state index contributed by atoms with van der Waals surface area (Å²) < 4.78 is 11.1. The number of piperazine rings is 1. The van der Waals surface area contributed by atoms with Gasteiger partial charge in [0, 0.05) is 26.2 Å². The van der Waals surface area contributed by atoms with Gasteiger partial charge in [0.25, 0.3) is 5.91 Å². The smallest absolute Gasteiger partial charge is 0.348 e. The van der Waals surface area contributed by atoms with E-state index in [1.807, 2.05) is 7.05 Å². The van der Waals surface area contributed by atoms with Gasteiger partial charge in [0.05, 0.1) is 0 Å². The third-order valence-corrected chi connectivity index (χ3v) is 5.46. The largest absolute Gasteiger partial charge is 0.480 e. The lowest BCUT2D eigenvalue weighted by molar-refractivity contribution is -0.138. The number of amides is 1. The molecule has 3 aromatic rings. The Balaban J connectivity index is 1.51. The SMILES string of the molecule is CN1CCN(C(=O)c2c(C(=O)Oc3ccc(CC(N)C(=O)O)cc3)c3ccc2o3)CC1. The van der Waals surface area contributed by atoms with Gasteiger partial charge in [-0.05, 0) is 43.3 Å². The van der Waals surface area contributed by atoms with Gasteiger partial charge in [0.15, 0.2) is 0 Å². The number of carbonyl (C=O) groups is 3. The highest BCUT2D eigenvalue weighted by atomic mass is 16.5. The number of benzene rings is 2. The summed E-state index contributed by atoms with van der Waals surface area (Å²) in [5.74, 6) is -1.73. The van der Waals surface area contributed by atoms with Crippen molar-refractivity contribution in [3.05, 3.63) is 53.1 Å². The van der Waals surface area contributed by atoms with Crippen LogP contribution in [0.4, 0.5) is 0 Å². The quantitative estimate of drug-likeness (QED) is 0.449. The fourth-order valence-electron chi connectivity index (χ4n) is 3.63. The van der Waals surface area contributed by atoms with Crippen LogP contribution in [0, 0.1) is 0 Å². The van der Waals surface area contributed by atoms with E-state index in [4.69, 9.17) is 20.0 Å².